The third-order valence-electron chi connectivity index (χ3n) is 6.90. The molecule has 37 heavy (non-hydrogen) atoms. The van der Waals surface area contributed by atoms with Gasteiger partial charge in [0.25, 0.3) is 5.91 Å². The second-order valence-corrected chi connectivity index (χ2v) is 9.29. The number of aryl methyl sites for hydroxylation is 1. The van der Waals surface area contributed by atoms with Gasteiger partial charge in [0.2, 0.25) is 0 Å². The minimum Gasteiger partial charge on any atom is -0.481 e. The Morgan fingerprint density at radius 1 is 0.973 bits per heavy atom. The molecule has 0 aromatic heterocycles. The van der Waals surface area contributed by atoms with Crippen LogP contribution < -0.4 is 5.43 Å². The first-order valence-electron chi connectivity index (χ1n) is 12.0. The molecule has 8 heteroatoms. The van der Waals surface area contributed by atoms with Crippen LogP contribution in [-0.2, 0) is 19.7 Å². The first kappa shape index (κ1) is 24.1. The topological polar surface area (TPSA) is 117 Å². The number of carbonyl (C=O) groups is 3. The van der Waals surface area contributed by atoms with Gasteiger partial charge in [-0.3, -0.25) is 9.59 Å². The van der Waals surface area contributed by atoms with Crippen molar-refractivity contribution in [3.05, 3.63) is 95.1 Å². The lowest BCUT2D eigenvalue weighted by Crippen LogP contribution is -2.25. The predicted octanol–water partition coefficient (Wildman–Crippen LogP) is 4.95. The van der Waals surface area contributed by atoms with Gasteiger partial charge in [-0.1, -0.05) is 72.8 Å². The minimum absolute atomic E-state index is 0.109. The maximum atomic E-state index is 12.5. The lowest BCUT2D eigenvalue weighted by atomic mass is 9.93. The monoisotopic (exact) mass is 495 g/mol. The van der Waals surface area contributed by atoms with Gasteiger partial charge in [0.15, 0.2) is 5.71 Å². The average molecular weight is 496 g/mol. The van der Waals surface area contributed by atoms with Gasteiger partial charge in [-0.15, -0.1) is 0 Å². The molecule has 1 aliphatic heterocycles. The highest BCUT2D eigenvalue weighted by Crippen LogP contribution is 2.48. The van der Waals surface area contributed by atoms with E-state index in [1.165, 1.54) is 0 Å². The number of carboxylic acids is 1. The van der Waals surface area contributed by atoms with Crippen molar-refractivity contribution < 1.29 is 24.2 Å². The van der Waals surface area contributed by atoms with Crippen molar-refractivity contribution in [2.24, 2.45) is 10.1 Å². The van der Waals surface area contributed by atoms with Crippen LogP contribution in [0.25, 0.3) is 11.1 Å². The molecule has 3 aromatic carbocycles. The highest BCUT2D eigenvalue weighted by molar-refractivity contribution is 6.72. The fourth-order valence-corrected chi connectivity index (χ4v) is 4.55. The first-order valence-corrected chi connectivity index (χ1v) is 12.0. The van der Waals surface area contributed by atoms with Gasteiger partial charge in [-0.2, -0.15) is 10.1 Å². The van der Waals surface area contributed by atoms with E-state index >= 15 is 0 Å². The maximum absolute atomic E-state index is 12.5. The van der Waals surface area contributed by atoms with Crippen LogP contribution in [0.4, 0.5) is 4.79 Å². The van der Waals surface area contributed by atoms with Crippen molar-refractivity contribution in [1.82, 2.24) is 5.43 Å². The van der Waals surface area contributed by atoms with Gasteiger partial charge in [0, 0.05) is 5.56 Å². The Hall–Kier alpha value is -4.59. The third-order valence-corrected chi connectivity index (χ3v) is 6.90. The largest absolute Gasteiger partial charge is 0.481 e. The molecule has 2 amide bonds. The smallest absolute Gasteiger partial charge is 0.435 e. The molecule has 0 bridgehead atoms. The van der Waals surface area contributed by atoms with E-state index in [0.717, 1.165) is 27.8 Å². The Morgan fingerprint density at radius 3 is 2.16 bits per heavy atom. The number of carboxylic acid groups (broad SMARTS) is 1. The lowest BCUT2D eigenvalue weighted by Gasteiger charge is -2.14. The molecule has 1 aliphatic carbocycles. The van der Waals surface area contributed by atoms with E-state index in [0.29, 0.717) is 18.4 Å². The van der Waals surface area contributed by atoms with Gasteiger partial charge < -0.3 is 9.84 Å². The van der Waals surface area contributed by atoms with E-state index in [1.807, 2.05) is 67.6 Å². The third kappa shape index (κ3) is 4.65. The summed E-state index contributed by atoms with van der Waals surface area (Å²) in [6.07, 6.45) is -0.0816. The number of nitrogens with zero attached hydrogens (tertiary/aromatic N) is 2. The van der Waals surface area contributed by atoms with E-state index < -0.39 is 29.5 Å². The van der Waals surface area contributed by atoms with Crippen molar-refractivity contribution in [3.8, 4) is 11.1 Å². The molecule has 8 nitrogen and oxygen atoms in total. The summed E-state index contributed by atoms with van der Waals surface area (Å²) < 4.78 is 5.44. The van der Waals surface area contributed by atoms with Crippen molar-refractivity contribution in [2.75, 3.05) is 0 Å². The zero-order valence-electron chi connectivity index (χ0n) is 20.4. The molecule has 1 unspecified atom stereocenters. The molecule has 1 atom stereocenters. The zero-order valence-corrected chi connectivity index (χ0v) is 20.4. The van der Waals surface area contributed by atoms with Crippen LogP contribution in [0.15, 0.2) is 82.9 Å². The molecule has 1 saturated carbocycles. The fourth-order valence-electron chi connectivity index (χ4n) is 4.55. The molecule has 2 aliphatic rings. The zero-order chi connectivity index (χ0) is 26.2. The number of rotatable bonds is 6. The first-order chi connectivity index (χ1) is 17.8. The van der Waals surface area contributed by atoms with E-state index in [4.69, 9.17) is 4.74 Å². The van der Waals surface area contributed by atoms with Gasteiger partial charge in [-0.05, 0) is 54.5 Å². The summed E-state index contributed by atoms with van der Waals surface area (Å²) in [6.45, 7) is 3.68. The van der Waals surface area contributed by atoms with Crippen LogP contribution >= 0.6 is 0 Å². The molecule has 3 aromatic rings. The molecule has 2 N–H and O–H groups in total. The van der Waals surface area contributed by atoms with Crippen LogP contribution in [0.1, 0.15) is 48.1 Å². The van der Waals surface area contributed by atoms with Crippen molar-refractivity contribution >= 4 is 29.4 Å². The predicted molar refractivity (Wildman–Crippen MR) is 139 cm³/mol. The lowest BCUT2D eigenvalue weighted by molar-refractivity contribution is -0.140. The molecule has 0 radical (unpaired) electrons. The molecule has 1 heterocycles. The Balaban J connectivity index is 1.31. The quantitative estimate of drug-likeness (QED) is 0.502. The molecule has 1 fully saturated rings. The second kappa shape index (κ2) is 9.46. The number of carbonyl (C=O) groups excluding carboxylic acids is 2. The number of aliphatic carboxylic acids is 1. The van der Waals surface area contributed by atoms with Crippen LogP contribution in [-0.4, -0.2) is 34.5 Å². The number of benzene rings is 3. The van der Waals surface area contributed by atoms with Gasteiger partial charge in [0.05, 0.1) is 5.41 Å². The SMILES string of the molecule is Cc1ccccc1C(C)OC(=O)/N=C1\C(=O)NN=C1c1ccc(-c2ccc(C3(C(=O)O)CC3)cc2)cc1. The van der Waals surface area contributed by atoms with Crippen molar-refractivity contribution in [2.45, 2.75) is 38.2 Å². The number of hydrogen-bond donors (Lipinski definition) is 2. The highest BCUT2D eigenvalue weighted by Gasteiger charge is 2.51. The summed E-state index contributed by atoms with van der Waals surface area (Å²) in [6, 6.07) is 22.4. The van der Waals surface area contributed by atoms with Crippen LogP contribution in [0.2, 0.25) is 0 Å². The normalized spacial score (nSPS) is 17.6. The average Bonchev–Trinajstić information content (AvgIpc) is 3.64. The Morgan fingerprint density at radius 2 is 1.57 bits per heavy atom. The standard InChI is InChI=1S/C29H25N3O5/c1-17-5-3-4-6-23(17)18(2)37-28(36)30-25-24(31-32-26(25)33)21-9-7-19(8-10-21)20-11-13-22(14-12-20)29(15-16-29)27(34)35/h3-14,18H,15-16H2,1-2H3,(H,34,35)(H,30,32,33,36). The van der Waals surface area contributed by atoms with E-state index in [2.05, 4.69) is 15.5 Å². The van der Waals surface area contributed by atoms with Crippen molar-refractivity contribution in [1.29, 1.82) is 0 Å². The Bertz CT molecular complexity index is 1450. The molecular formula is C29H25N3O5. The second-order valence-electron chi connectivity index (χ2n) is 9.29. The number of aliphatic imine (C=N–C) groups is 1. The van der Waals surface area contributed by atoms with E-state index in [-0.39, 0.29) is 11.4 Å². The van der Waals surface area contributed by atoms with Crippen molar-refractivity contribution in [3.63, 3.8) is 0 Å². The summed E-state index contributed by atoms with van der Waals surface area (Å²) >= 11 is 0. The fraction of sp³-hybridized carbons (Fsp3) is 0.207. The highest BCUT2D eigenvalue weighted by atomic mass is 16.6. The molecule has 186 valence electrons. The minimum atomic E-state index is -0.873. The van der Waals surface area contributed by atoms with Crippen LogP contribution in [0, 0.1) is 6.92 Å². The number of hydrogen-bond acceptors (Lipinski definition) is 5. The van der Waals surface area contributed by atoms with Crippen LogP contribution in [0.5, 0.6) is 0 Å². The van der Waals surface area contributed by atoms with Crippen LogP contribution in [0.3, 0.4) is 0 Å². The number of hydrazone groups is 1. The number of ether oxygens (including phenoxy) is 1. The Labute approximate surface area is 213 Å². The molecule has 0 spiro atoms. The molecule has 5 rings (SSSR count). The maximum Gasteiger partial charge on any atom is 0.435 e. The van der Waals surface area contributed by atoms with Gasteiger partial charge in [0.1, 0.15) is 11.8 Å². The summed E-state index contributed by atoms with van der Waals surface area (Å²) in [5.41, 5.74) is 6.89. The Kier molecular flexibility index (Phi) is 6.17. The van der Waals surface area contributed by atoms with Gasteiger partial charge in [-0.25, -0.2) is 10.2 Å². The summed E-state index contributed by atoms with van der Waals surface area (Å²) in [5.74, 6) is -1.36. The number of nitrogens with one attached hydrogen (secondary N) is 1. The summed E-state index contributed by atoms with van der Waals surface area (Å²) in [7, 11) is 0. The molecular weight excluding hydrogens is 470 g/mol. The number of amides is 2. The summed E-state index contributed by atoms with van der Waals surface area (Å²) in [5, 5.41) is 13.6. The summed E-state index contributed by atoms with van der Waals surface area (Å²) in [4.78, 5) is 40.3. The van der Waals surface area contributed by atoms with Gasteiger partial charge >= 0.3 is 12.1 Å². The van der Waals surface area contributed by atoms with E-state index in [1.54, 1.807) is 19.1 Å². The van der Waals surface area contributed by atoms with E-state index in [9.17, 15) is 19.5 Å². The molecule has 0 saturated heterocycles.